The first kappa shape index (κ1) is 12.0. The second-order valence-corrected chi connectivity index (χ2v) is 4.34. The number of fused-ring (bicyclic) bond motifs is 1. The van der Waals surface area contributed by atoms with Gasteiger partial charge >= 0.3 is 0 Å². The Balaban J connectivity index is 2.50. The topological polar surface area (TPSA) is 30.9 Å². The second kappa shape index (κ2) is 4.45. The van der Waals surface area contributed by atoms with E-state index in [1.165, 1.54) is 0 Å². The molecule has 4 heteroatoms. The van der Waals surface area contributed by atoms with E-state index in [2.05, 4.69) is 0 Å². The standard InChI is InChI=1S/C13H16F2N2/c1-8-10(7-11(16)13(14)15)9-5-3-4-6-12(9)17(8)2/h3-6,11,13H,7,16H2,1-2H3. The Labute approximate surface area is 99.0 Å². The molecule has 0 aliphatic rings. The number of benzene rings is 1. The normalized spacial score (nSPS) is 13.5. The van der Waals surface area contributed by atoms with E-state index in [0.717, 1.165) is 22.2 Å². The van der Waals surface area contributed by atoms with Crippen molar-refractivity contribution in [2.24, 2.45) is 12.8 Å². The maximum Gasteiger partial charge on any atom is 0.253 e. The van der Waals surface area contributed by atoms with Gasteiger partial charge in [-0.15, -0.1) is 0 Å². The lowest BCUT2D eigenvalue weighted by Crippen LogP contribution is -2.31. The Morgan fingerprint density at radius 3 is 2.59 bits per heavy atom. The Morgan fingerprint density at radius 1 is 1.29 bits per heavy atom. The SMILES string of the molecule is Cc1c(CC(N)C(F)F)c2ccccc2n1C. The molecule has 0 bridgehead atoms. The average Bonchev–Trinajstić information content (AvgIpc) is 2.55. The van der Waals surface area contributed by atoms with E-state index in [9.17, 15) is 8.78 Å². The molecule has 0 saturated heterocycles. The van der Waals surface area contributed by atoms with E-state index in [1.54, 1.807) is 0 Å². The van der Waals surface area contributed by atoms with Crippen LogP contribution in [-0.4, -0.2) is 17.0 Å². The molecule has 1 aromatic heterocycles. The third-order valence-electron chi connectivity index (χ3n) is 3.29. The summed E-state index contributed by atoms with van der Waals surface area (Å²) >= 11 is 0. The van der Waals surface area contributed by atoms with Crippen LogP contribution in [-0.2, 0) is 13.5 Å². The highest BCUT2D eigenvalue weighted by Crippen LogP contribution is 2.26. The Hall–Kier alpha value is -1.42. The lowest BCUT2D eigenvalue weighted by atomic mass is 10.0. The van der Waals surface area contributed by atoms with Gasteiger partial charge in [-0.05, 0) is 25.0 Å². The molecule has 0 spiro atoms. The molecule has 1 heterocycles. The summed E-state index contributed by atoms with van der Waals surface area (Å²) in [7, 11) is 1.94. The molecule has 1 aromatic carbocycles. The summed E-state index contributed by atoms with van der Waals surface area (Å²) in [5.74, 6) is 0. The lowest BCUT2D eigenvalue weighted by Gasteiger charge is -2.10. The van der Waals surface area contributed by atoms with Gasteiger partial charge in [-0.25, -0.2) is 8.78 Å². The molecule has 0 amide bonds. The minimum atomic E-state index is -2.48. The van der Waals surface area contributed by atoms with Crippen molar-refractivity contribution in [1.29, 1.82) is 0 Å². The zero-order valence-electron chi connectivity index (χ0n) is 9.95. The van der Waals surface area contributed by atoms with Crippen molar-refractivity contribution in [2.75, 3.05) is 0 Å². The molecule has 17 heavy (non-hydrogen) atoms. The van der Waals surface area contributed by atoms with E-state index in [-0.39, 0.29) is 6.42 Å². The molecular formula is C13H16F2N2. The number of hydrogen-bond acceptors (Lipinski definition) is 1. The van der Waals surface area contributed by atoms with Crippen LogP contribution in [0.2, 0.25) is 0 Å². The molecule has 2 N–H and O–H groups in total. The quantitative estimate of drug-likeness (QED) is 0.875. The fourth-order valence-electron chi connectivity index (χ4n) is 2.18. The maximum absolute atomic E-state index is 12.5. The van der Waals surface area contributed by atoms with Gasteiger partial charge in [0.1, 0.15) is 0 Å². The van der Waals surface area contributed by atoms with E-state index < -0.39 is 12.5 Å². The van der Waals surface area contributed by atoms with Crippen LogP contribution in [0.1, 0.15) is 11.3 Å². The number of rotatable bonds is 3. The van der Waals surface area contributed by atoms with Crippen LogP contribution < -0.4 is 5.73 Å². The van der Waals surface area contributed by atoms with Gasteiger partial charge < -0.3 is 10.3 Å². The summed E-state index contributed by atoms with van der Waals surface area (Å²) in [4.78, 5) is 0. The molecule has 0 aliphatic heterocycles. The molecular weight excluding hydrogens is 222 g/mol. The van der Waals surface area contributed by atoms with Crippen LogP contribution in [0.3, 0.4) is 0 Å². The van der Waals surface area contributed by atoms with Gasteiger partial charge in [-0.1, -0.05) is 18.2 Å². The maximum atomic E-state index is 12.5. The lowest BCUT2D eigenvalue weighted by molar-refractivity contribution is 0.116. The zero-order valence-corrected chi connectivity index (χ0v) is 9.95. The van der Waals surface area contributed by atoms with Crippen molar-refractivity contribution in [3.63, 3.8) is 0 Å². The Kier molecular flexibility index (Phi) is 3.15. The number of nitrogens with two attached hydrogens (primary N) is 1. The minimum absolute atomic E-state index is 0.213. The second-order valence-electron chi connectivity index (χ2n) is 4.34. The zero-order chi connectivity index (χ0) is 12.6. The number of hydrogen-bond donors (Lipinski definition) is 1. The number of alkyl halides is 2. The summed E-state index contributed by atoms with van der Waals surface area (Å²) in [6.07, 6.45) is -2.27. The van der Waals surface area contributed by atoms with Crippen molar-refractivity contribution in [3.05, 3.63) is 35.5 Å². The van der Waals surface area contributed by atoms with Gasteiger partial charge in [0.05, 0.1) is 6.04 Å². The molecule has 0 radical (unpaired) electrons. The fourth-order valence-corrected chi connectivity index (χ4v) is 2.18. The van der Waals surface area contributed by atoms with E-state index in [4.69, 9.17) is 5.73 Å². The highest BCUT2D eigenvalue weighted by atomic mass is 19.3. The minimum Gasteiger partial charge on any atom is -0.348 e. The highest BCUT2D eigenvalue weighted by Gasteiger charge is 2.20. The van der Waals surface area contributed by atoms with Gasteiger partial charge in [0, 0.05) is 23.6 Å². The molecule has 2 aromatic rings. The largest absolute Gasteiger partial charge is 0.348 e. The molecule has 92 valence electrons. The van der Waals surface area contributed by atoms with Crippen LogP contribution >= 0.6 is 0 Å². The highest BCUT2D eigenvalue weighted by molar-refractivity contribution is 5.85. The molecule has 2 rings (SSSR count). The van der Waals surface area contributed by atoms with Crippen molar-refractivity contribution in [2.45, 2.75) is 25.8 Å². The van der Waals surface area contributed by atoms with Crippen molar-refractivity contribution in [3.8, 4) is 0 Å². The van der Waals surface area contributed by atoms with Crippen LogP contribution in [0.25, 0.3) is 10.9 Å². The van der Waals surface area contributed by atoms with Crippen molar-refractivity contribution < 1.29 is 8.78 Å². The summed E-state index contributed by atoms with van der Waals surface area (Å²) in [6.45, 7) is 1.94. The monoisotopic (exact) mass is 238 g/mol. The van der Waals surface area contributed by atoms with Crippen molar-refractivity contribution >= 4 is 10.9 Å². The van der Waals surface area contributed by atoms with E-state index in [1.807, 2.05) is 42.8 Å². The Bertz CT molecular complexity index is 531. The van der Waals surface area contributed by atoms with Crippen LogP contribution in [0.5, 0.6) is 0 Å². The fraction of sp³-hybridized carbons (Fsp3) is 0.385. The number of para-hydroxylation sites is 1. The first-order chi connectivity index (χ1) is 8.02. The molecule has 0 fully saturated rings. The summed E-state index contributed by atoms with van der Waals surface area (Å²) < 4.78 is 27.1. The summed E-state index contributed by atoms with van der Waals surface area (Å²) in [5.41, 5.74) is 8.44. The molecule has 0 aliphatic carbocycles. The van der Waals surface area contributed by atoms with Crippen LogP contribution in [0.15, 0.2) is 24.3 Å². The summed E-state index contributed by atoms with van der Waals surface area (Å²) in [6, 6.07) is 6.70. The average molecular weight is 238 g/mol. The Morgan fingerprint density at radius 2 is 1.94 bits per heavy atom. The molecule has 2 nitrogen and oxygen atoms in total. The predicted octanol–water partition coefficient (Wildman–Crippen LogP) is 2.62. The first-order valence-electron chi connectivity index (χ1n) is 5.59. The third kappa shape index (κ3) is 2.05. The number of aromatic nitrogens is 1. The van der Waals surface area contributed by atoms with Crippen LogP contribution in [0, 0.1) is 6.92 Å². The number of aryl methyl sites for hydroxylation is 1. The van der Waals surface area contributed by atoms with Gasteiger partial charge in [0.25, 0.3) is 6.43 Å². The molecule has 0 saturated carbocycles. The van der Waals surface area contributed by atoms with Gasteiger partial charge in [-0.2, -0.15) is 0 Å². The van der Waals surface area contributed by atoms with Crippen LogP contribution in [0.4, 0.5) is 8.78 Å². The first-order valence-corrected chi connectivity index (χ1v) is 5.59. The smallest absolute Gasteiger partial charge is 0.253 e. The molecule has 1 unspecified atom stereocenters. The van der Waals surface area contributed by atoms with Gasteiger partial charge in [0.15, 0.2) is 0 Å². The van der Waals surface area contributed by atoms with Gasteiger partial charge in [-0.3, -0.25) is 0 Å². The van der Waals surface area contributed by atoms with Gasteiger partial charge in [0.2, 0.25) is 0 Å². The van der Waals surface area contributed by atoms with E-state index >= 15 is 0 Å². The molecule has 1 atom stereocenters. The van der Waals surface area contributed by atoms with Crippen molar-refractivity contribution in [1.82, 2.24) is 4.57 Å². The summed E-state index contributed by atoms with van der Waals surface area (Å²) in [5, 5.41) is 1.02. The predicted molar refractivity (Wildman–Crippen MR) is 65.3 cm³/mol. The third-order valence-corrected chi connectivity index (χ3v) is 3.29. The number of nitrogens with zero attached hydrogens (tertiary/aromatic N) is 1. The number of halogens is 2. The van der Waals surface area contributed by atoms with E-state index in [0.29, 0.717) is 0 Å².